The number of sulfonamides is 1. The Balaban J connectivity index is 1.93. The van der Waals surface area contributed by atoms with Crippen LogP contribution in [0.5, 0.6) is 0 Å². The van der Waals surface area contributed by atoms with E-state index in [4.69, 9.17) is 10.5 Å². The SMILES string of the molecule is Cc1nn(Cc2cccc(C(N)=O)c2)c(C)c1S(=O)(=O)N1CCOCC1. The normalized spacial score (nSPS) is 15.9. The van der Waals surface area contributed by atoms with Gasteiger partial charge in [-0.3, -0.25) is 9.48 Å². The second-order valence-electron chi connectivity index (χ2n) is 6.24. The molecule has 3 rings (SSSR count). The number of aryl methyl sites for hydroxylation is 1. The lowest BCUT2D eigenvalue weighted by Crippen LogP contribution is -2.41. The van der Waals surface area contributed by atoms with Crippen LogP contribution in [0.3, 0.4) is 0 Å². The largest absolute Gasteiger partial charge is 0.379 e. The van der Waals surface area contributed by atoms with Gasteiger partial charge in [-0.15, -0.1) is 0 Å². The van der Waals surface area contributed by atoms with E-state index in [9.17, 15) is 13.2 Å². The van der Waals surface area contributed by atoms with Gasteiger partial charge in [0.1, 0.15) is 4.90 Å². The second kappa shape index (κ2) is 7.18. The maximum Gasteiger partial charge on any atom is 0.248 e. The molecule has 1 aliphatic heterocycles. The van der Waals surface area contributed by atoms with E-state index in [1.54, 1.807) is 36.7 Å². The molecule has 0 spiro atoms. The van der Waals surface area contributed by atoms with Crippen molar-refractivity contribution in [1.82, 2.24) is 14.1 Å². The summed E-state index contributed by atoms with van der Waals surface area (Å²) in [7, 11) is -3.62. The first-order valence-corrected chi connectivity index (χ1v) is 9.75. The van der Waals surface area contributed by atoms with Crippen molar-refractivity contribution in [3.63, 3.8) is 0 Å². The Labute approximate surface area is 152 Å². The number of hydrogen-bond acceptors (Lipinski definition) is 5. The molecule has 0 bridgehead atoms. The van der Waals surface area contributed by atoms with Gasteiger partial charge in [0.05, 0.1) is 31.1 Å². The van der Waals surface area contributed by atoms with Crippen LogP contribution in [0.25, 0.3) is 0 Å². The first-order chi connectivity index (χ1) is 12.3. The van der Waals surface area contributed by atoms with Crippen LogP contribution in [0.15, 0.2) is 29.2 Å². The van der Waals surface area contributed by atoms with Crippen molar-refractivity contribution < 1.29 is 17.9 Å². The van der Waals surface area contributed by atoms with Gasteiger partial charge in [0, 0.05) is 18.7 Å². The Kier molecular flexibility index (Phi) is 5.12. The molecule has 26 heavy (non-hydrogen) atoms. The number of rotatable bonds is 5. The lowest BCUT2D eigenvalue weighted by molar-refractivity contribution is 0.0730. The molecule has 0 radical (unpaired) electrons. The summed E-state index contributed by atoms with van der Waals surface area (Å²) in [6.45, 7) is 5.26. The van der Waals surface area contributed by atoms with Crippen LogP contribution in [0.2, 0.25) is 0 Å². The Hall–Kier alpha value is -2.23. The standard InChI is InChI=1S/C17H22N4O4S/c1-12-16(26(23,24)20-6-8-25-9-7-20)13(2)21(19-12)11-14-4-3-5-15(10-14)17(18)22/h3-5,10H,6-9,11H2,1-2H3,(H2,18,22). The van der Waals surface area contributed by atoms with Gasteiger partial charge in [0.25, 0.3) is 0 Å². The molecule has 1 aromatic heterocycles. The number of carbonyl (C=O) groups is 1. The Morgan fingerprint density at radius 2 is 1.96 bits per heavy atom. The highest BCUT2D eigenvalue weighted by atomic mass is 32.2. The van der Waals surface area contributed by atoms with Crippen LogP contribution in [0.4, 0.5) is 0 Å². The molecule has 1 saturated heterocycles. The average Bonchev–Trinajstić information content (AvgIpc) is 2.90. The summed E-state index contributed by atoms with van der Waals surface area (Å²) in [5.74, 6) is -0.504. The number of morpholine rings is 1. The number of carbonyl (C=O) groups excluding carboxylic acids is 1. The number of benzene rings is 1. The minimum Gasteiger partial charge on any atom is -0.379 e. The van der Waals surface area contributed by atoms with Crippen molar-refractivity contribution in [2.75, 3.05) is 26.3 Å². The zero-order valence-corrected chi connectivity index (χ0v) is 15.6. The van der Waals surface area contributed by atoms with Crippen LogP contribution in [-0.2, 0) is 21.3 Å². The number of ether oxygens (including phenoxy) is 1. The lowest BCUT2D eigenvalue weighted by atomic mass is 10.1. The first kappa shape index (κ1) is 18.6. The smallest absolute Gasteiger partial charge is 0.248 e. The number of amides is 1. The maximum absolute atomic E-state index is 13.0. The van der Waals surface area contributed by atoms with Crippen LogP contribution >= 0.6 is 0 Å². The van der Waals surface area contributed by atoms with Gasteiger partial charge in [0.15, 0.2) is 0 Å². The maximum atomic E-state index is 13.0. The summed E-state index contributed by atoms with van der Waals surface area (Å²) in [6, 6.07) is 6.92. The predicted octanol–water partition coefficient (Wildman–Crippen LogP) is 0.668. The minimum atomic E-state index is -3.62. The van der Waals surface area contributed by atoms with E-state index in [0.717, 1.165) is 5.56 Å². The highest BCUT2D eigenvalue weighted by Crippen LogP contribution is 2.25. The number of aromatic nitrogens is 2. The Bertz CT molecular complexity index is 930. The summed E-state index contributed by atoms with van der Waals surface area (Å²) in [6.07, 6.45) is 0. The van der Waals surface area contributed by atoms with E-state index in [1.165, 1.54) is 4.31 Å². The molecule has 0 saturated carbocycles. The minimum absolute atomic E-state index is 0.241. The molecule has 1 amide bonds. The van der Waals surface area contributed by atoms with E-state index in [2.05, 4.69) is 5.10 Å². The van der Waals surface area contributed by atoms with Gasteiger partial charge in [-0.25, -0.2) is 8.42 Å². The van der Waals surface area contributed by atoms with Crippen molar-refractivity contribution in [2.45, 2.75) is 25.3 Å². The van der Waals surface area contributed by atoms with Crippen molar-refractivity contribution in [3.05, 3.63) is 46.8 Å². The molecular formula is C17H22N4O4S. The van der Waals surface area contributed by atoms with Gasteiger partial charge in [-0.1, -0.05) is 12.1 Å². The van der Waals surface area contributed by atoms with E-state index in [0.29, 0.717) is 49.8 Å². The first-order valence-electron chi connectivity index (χ1n) is 8.31. The second-order valence-corrected chi connectivity index (χ2v) is 8.11. The zero-order chi connectivity index (χ0) is 18.9. The molecule has 0 unspecified atom stereocenters. The molecule has 8 nitrogen and oxygen atoms in total. The fraction of sp³-hybridized carbons (Fsp3) is 0.412. The third kappa shape index (κ3) is 3.50. The van der Waals surface area contributed by atoms with Crippen molar-refractivity contribution >= 4 is 15.9 Å². The van der Waals surface area contributed by atoms with E-state index in [-0.39, 0.29) is 4.90 Å². The lowest BCUT2D eigenvalue weighted by Gasteiger charge is -2.26. The molecule has 1 fully saturated rings. The Morgan fingerprint density at radius 3 is 2.62 bits per heavy atom. The van der Waals surface area contributed by atoms with Crippen LogP contribution in [0.1, 0.15) is 27.3 Å². The number of nitrogens with zero attached hydrogens (tertiary/aromatic N) is 3. The molecule has 140 valence electrons. The zero-order valence-electron chi connectivity index (χ0n) is 14.8. The molecule has 2 aromatic rings. The predicted molar refractivity (Wildman–Crippen MR) is 95.3 cm³/mol. The molecular weight excluding hydrogens is 356 g/mol. The van der Waals surface area contributed by atoms with Crippen molar-refractivity contribution in [3.8, 4) is 0 Å². The third-order valence-electron chi connectivity index (χ3n) is 4.43. The summed E-state index contributed by atoms with van der Waals surface area (Å²) in [5.41, 5.74) is 7.57. The number of primary amides is 1. The van der Waals surface area contributed by atoms with Gasteiger partial charge in [0.2, 0.25) is 15.9 Å². The van der Waals surface area contributed by atoms with Crippen LogP contribution in [-0.4, -0.2) is 54.7 Å². The topological polar surface area (TPSA) is 108 Å². The molecule has 9 heteroatoms. The highest BCUT2D eigenvalue weighted by molar-refractivity contribution is 7.89. The van der Waals surface area contributed by atoms with E-state index < -0.39 is 15.9 Å². The molecule has 2 heterocycles. The number of hydrogen-bond donors (Lipinski definition) is 1. The molecule has 1 aliphatic rings. The van der Waals surface area contributed by atoms with E-state index in [1.807, 2.05) is 6.07 Å². The monoisotopic (exact) mass is 378 g/mol. The summed E-state index contributed by atoms with van der Waals surface area (Å²) < 4.78 is 34.3. The van der Waals surface area contributed by atoms with Gasteiger partial charge < -0.3 is 10.5 Å². The highest BCUT2D eigenvalue weighted by Gasteiger charge is 2.32. The fourth-order valence-electron chi connectivity index (χ4n) is 3.12. The number of nitrogens with two attached hydrogens (primary N) is 1. The fourth-order valence-corrected chi connectivity index (χ4v) is 4.90. The molecule has 1 aromatic carbocycles. The van der Waals surface area contributed by atoms with Crippen LogP contribution in [0, 0.1) is 13.8 Å². The quantitative estimate of drug-likeness (QED) is 0.823. The van der Waals surface area contributed by atoms with Crippen molar-refractivity contribution in [2.24, 2.45) is 5.73 Å². The average molecular weight is 378 g/mol. The molecule has 2 N–H and O–H groups in total. The molecule has 0 atom stereocenters. The van der Waals surface area contributed by atoms with Gasteiger partial charge >= 0.3 is 0 Å². The van der Waals surface area contributed by atoms with Gasteiger partial charge in [-0.2, -0.15) is 9.40 Å². The van der Waals surface area contributed by atoms with E-state index >= 15 is 0 Å². The third-order valence-corrected chi connectivity index (χ3v) is 6.58. The van der Waals surface area contributed by atoms with Gasteiger partial charge in [-0.05, 0) is 31.5 Å². The summed E-state index contributed by atoms with van der Waals surface area (Å²) in [4.78, 5) is 11.6. The Morgan fingerprint density at radius 1 is 1.27 bits per heavy atom. The summed E-state index contributed by atoms with van der Waals surface area (Å²) in [5, 5.41) is 4.40. The molecule has 0 aliphatic carbocycles. The van der Waals surface area contributed by atoms with Crippen LogP contribution < -0.4 is 5.73 Å². The van der Waals surface area contributed by atoms with Crippen molar-refractivity contribution in [1.29, 1.82) is 0 Å². The summed E-state index contributed by atoms with van der Waals surface area (Å²) >= 11 is 0.